The number of nitrogens with zero attached hydrogens (tertiary/aromatic N) is 1. The molecule has 8 aromatic carbocycles. The van der Waals surface area contributed by atoms with Crippen LogP contribution >= 0.6 is 11.3 Å². The third-order valence-corrected chi connectivity index (χ3v) is 10.4. The van der Waals surface area contributed by atoms with Crippen LogP contribution in [-0.2, 0) is 0 Å². The van der Waals surface area contributed by atoms with Crippen molar-refractivity contribution in [2.24, 2.45) is 0 Å². The van der Waals surface area contributed by atoms with Gasteiger partial charge in [0.25, 0.3) is 0 Å². The molecule has 2 heteroatoms. The smallest absolute Gasteiger partial charge is 0.0540 e. The summed E-state index contributed by atoms with van der Waals surface area (Å²) in [5, 5.41) is 5.11. The number of rotatable bonds is 6. The van der Waals surface area contributed by atoms with Crippen molar-refractivity contribution in [1.29, 1.82) is 0 Å². The Morgan fingerprint density at radius 1 is 0.333 bits per heavy atom. The van der Waals surface area contributed by atoms with E-state index in [1.807, 2.05) is 11.3 Å². The summed E-state index contributed by atoms with van der Waals surface area (Å²) in [5.41, 5.74) is 10.6. The van der Waals surface area contributed by atoms with Crippen LogP contribution in [0.15, 0.2) is 188 Å². The second-order valence-electron chi connectivity index (χ2n) is 12.2. The monoisotopic (exact) mass is 629 g/mol. The standard InChI is InChI=1S/C46H31NS/c1-2-11-32(12-3-1)34-21-24-35(25-22-34)41-17-6-8-19-44(41)47(40-27-28-43-42-18-7-9-20-45(42)48-46(43)31-40)39-16-10-15-37(30-39)38-26-23-33-13-4-5-14-36(33)29-38/h1-31H. The van der Waals surface area contributed by atoms with E-state index >= 15 is 0 Å². The van der Waals surface area contributed by atoms with Crippen molar-refractivity contribution < 1.29 is 0 Å². The van der Waals surface area contributed by atoms with Crippen LogP contribution in [0.4, 0.5) is 17.1 Å². The van der Waals surface area contributed by atoms with Gasteiger partial charge in [0.1, 0.15) is 0 Å². The van der Waals surface area contributed by atoms with Crippen molar-refractivity contribution in [1.82, 2.24) is 0 Å². The lowest BCUT2D eigenvalue weighted by Gasteiger charge is -2.28. The zero-order valence-corrected chi connectivity index (χ0v) is 27.1. The minimum atomic E-state index is 1.12. The summed E-state index contributed by atoms with van der Waals surface area (Å²) >= 11 is 1.86. The minimum Gasteiger partial charge on any atom is -0.310 e. The molecule has 0 saturated carbocycles. The maximum absolute atomic E-state index is 2.43. The molecule has 0 bridgehead atoms. The summed E-state index contributed by atoms with van der Waals surface area (Å²) in [6.45, 7) is 0. The molecule has 1 aromatic heterocycles. The summed E-state index contributed by atoms with van der Waals surface area (Å²) < 4.78 is 2.60. The molecule has 0 aliphatic heterocycles. The van der Waals surface area contributed by atoms with Gasteiger partial charge in [0, 0.05) is 37.1 Å². The first kappa shape index (κ1) is 28.3. The molecule has 0 radical (unpaired) electrons. The van der Waals surface area contributed by atoms with Crippen molar-refractivity contribution in [3.8, 4) is 33.4 Å². The van der Waals surface area contributed by atoms with E-state index in [9.17, 15) is 0 Å². The summed E-state index contributed by atoms with van der Waals surface area (Å²) in [6.07, 6.45) is 0. The first-order valence-corrected chi connectivity index (χ1v) is 17.2. The summed E-state index contributed by atoms with van der Waals surface area (Å²) in [6, 6.07) is 68.2. The molecule has 0 aliphatic rings. The third-order valence-electron chi connectivity index (χ3n) is 9.26. The van der Waals surface area contributed by atoms with Gasteiger partial charge < -0.3 is 4.90 Å². The Balaban J connectivity index is 1.21. The Labute approximate surface area is 284 Å². The largest absolute Gasteiger partial charge is 0.310 e. The highest BCUT2D eigenvalue weighted by molar-refractivity contribution is 7.25. The van der Waals surface area contributed by atoms with E-state index < -0.39 is 0 Å². The lowest BCUT2D eigenvalue weighted by Crippen LogP contribution is -2.11. The maximum Gasteiger partial charge on any atom is 0.0540 e. The lowest BCUT2D eigenvalue weighted by molar-refractivity contribution is 1.29. The van der Waals surface area contributed by atoms with Gasteiger partial charge in [-0.05, 0) is 81.1 Å². The van der Waals surface area contributed by atoms with Crippen LogP contribution in [0, 0.1) is 0 Å². The molecule has 0 atom stereocenters. The molecular weight excluding hydrogens is 599 g/mol. The van der Waals surface area contributed by atoms with E-state index in [2.05, 4.69) is 193 Å². The zero-order valence-electron chi connectivity index (χ0n) is 26.3. The number of para-hydroxylation sites is 1. The Morgan fingerprint density at radius 3 is 1.85 bits per heavy atom. The normalized spacial score (nSPS) is 11.3. The molecule has 0 saturated heterocycles. The molecule has 1 nitrogen and oxygen atoms in total. The minimum absolute atomic E-state index is 1.12. The Bertz CT molecular complexity index is 2560. The molecule has 0 spiro atoms. The zero-order chi connectivity index (χ0) is 31.9. The quantitative estimate of drug-likeness (QED) is 0.177. The van der Waals surface area contributed by atoms with Crippen LogP contribution in [0.1, 0.15) is 0 Å². The molecule has 0 unspecified atom stereocenters. The molecule has 0 amide bonds. The second kappa shape index (κ2) is 12.0. The predicted molar refractivity (Wildman–Crippen MR) is 208 cm³/mol. The topological polar surface area (TPSA) is 3.24 Å². The van der Waals surface area contributed by atoms with Crippen LogP contribution in [0.2, 0.25) is 0 Å². The van der Waals surface area contributed by atoms with Gasteiger partial charge in [-0.3, -0.25) is 0 Å². The van der Waals surface area contributed by atoms with Gasteiger partial charge >= 0.3 is 0 Å². The van der Waals surface area contributed by atoms with Gasteiger partial charge in [-0.1, -0.05) is 146 Å². The summed E-state index contributed by atoms with van der Waals surface area (Å²) in [5.74, 6) is 0. The van der Waals surface area contributed by atoms with Crippen molar-refractivity contribution in [2.45, 2.75) is 0 Å². The van der Waals surface area contributed by atoms with Gasteiger partial charge in [-0.15, -0.1) is 11.3 Å². The molecule has 0 fully saturated rings. The third kappa shape index (κ3) is 5.13. The second-order valence-corrected chi connectivity index (χ2v) is 13.3. The van der Waals surface area contributed by atoms with E-state index in [1.54, 1.807) is 0 Å². The number of hydrogen-bond donors (Lipinski definition) is 0. The number of anilines is 3. The first-order chi connectivity index (χ1) is 23.8. The molecule has 226 valence electrons. The SMILES string of the molecule is c1ccc(-c2ccc(-c3ccccc3N(c3cccc(-c4ccc5ccccc5c4)c3)c3ccc4c(c3)sc3ccccc34)cc2)cc1. The number of benzene rings is 8. The number of thiophene rings is 1. The van der Waals surface area contributed by atoms with E-state index in [-0.39, 0.29) is 0 Å². The van der Waals surface area contributed by atoms with Crippen LogP contribution in [-0.4, -0.2) is 0 Å². The highest BCUT2D eigenvalue weighted by Crippen LogP contribution is 2.44. The van der Waals surface area contributed by atoms with E-state index in [1.165, 1.54) is 64.3 Å². The number of fused-ring (bicyclic) bond motifs is 4. The first-order valence-electron chi connectivity index (χ1n) is 16.3. The summed E-state index contributed by atoms with van der Waals surface area (Å²) in [4.78, 5) is 2.43. The van der Waals surface area contributed by atoms with Crippen LogP contribution in [0.3, 0.4) is 0 Å². The molecular formula is C46H31NS. The molecule has 1 heterocycles. The molecule has 48 heavy (non-hydrogen) atoms. The fraction of sp³-hybridized carbons (Fsp3) is 0. The van der Waals surface area contributed by atoms with Gasteiger partial charge in [0.2, 0.25) is 0 Å². The van der Waals surface area contributed by atoms with Crippen LogP contribution < -0.4 is 4.90 Å². The molecule has 9 aromatic rings. The predicted octanol–water partition coefficient (Wildman–Crippen LogP) is 13.7. The Morgan fingerprint density at radius 2 is 0.958 bits per heavy atom. The Hall–Kier alpha value is -5.96. The average Bonchev–Trinajstić information content (AvgIpc) is 3.54. The molecule has 0 N–H and O–H groups in total. The van der Waals surface area contributed by atoms with E-state index in [4.69, 9.17) is 0 Å². The molecule has 0 aliphatic carbocycles. The van der Waals surface area contributed by atoms with E-state index in [0.717, 1.165) is 17.1 Å². The highest BCUT2D eigenvalue weighted by Gasteiger charge is 2.19. The van der Waals surface area contributed by atoms with Crippen molar-refractivity contribution in [3.63, 3.8) is 0 Å². The van der Waals surface area contributed by atoms with Crippen LogP contribution in [0.5, 0.6) is 0 Å². The lowest BCUT2D eigenvalue weighted by atomic mass is 9.97. The highest BCUT2D eigenvalue weighted by atomic mass is 32.1. The average molecular weight is 630 g/mol. The number of hydrogen-bond acceptors (Lipinski definition) is 2. The maximum atomic E-state index is 2.43. The fourth-order valence-electron chi connectivity index (χ4n) is 6.86. The van der Waals surface area contributed by atoms with Crippen molar-refractivity contribution in [3.05, 3.63) is 188 Å². The fourth-order valence-corrected chi connectivity index (χ4v) is 8.00. The van der Waals surface area contributed by atoms with Gasteiger partial charge in [-0.25, -0.2) is 0 Å². The molecule has 9 rings (SSSR count). The summed E-state index contributed by atoms with van der Waals surface area (Å²) in [7, 11) is 0. The van der Waals surface area contributed by atoms with Gasteiger partial charge in [-0.2, -0.15) is 0 Å². The van der Waals surface area contributed by atoms with Gasteiger partial charge in [0.15, 0.2) is 0 Å². The Kier molecular flexibility index (Phi) is 7.07. The van der Waals surface area contributed by atoms with Crippen molar-refractivity contribution >= 4 is 59.3 Å². The van der Waals surface area contributed by atoms with E-state index in [0.29, 0.717) is 0 Å². The van der Waals surface area contributed by atoms with Gasteiger partial charge in [0.05, 0.1) is 5.69 Å². The van der Waals surface area contributed by atoms with Crippen LogP contribution in [0.25, 0.3) is 64.3 Å². The van der Waals surface area contributed by atoms with Crippen molar-refractivity contribution in [2.75, 3.05) is 4.90 Å².